The fourth-order valence-corrected chi connectivity index (χ4v) is 0.158. The molecule has 0 aromatic carbocycles. The molecule has 0 aromatic rings. The lowest BCUT2D eigenvalue weighted by Gasteiger charge is -1.56. The summed E-state index contributed by atoms with van der Waals surface area (Å²) in [7, 11) is 0. The first-order valence-electron chi connectivity index (χ1n) is 1.28. The lowest BCUT2D eigenvalue weighted by Crippen LogP contribution is -1.54. The van der Waals surface area contributed by atoms with Gasteiger partial charge in [-0.25, -0.2) is 4.99 Å². The summed E-state index contributed by atoms with van der Waals surface area (Å²) in [6.07, 6.45) is 2.31. The Hall–Kier alpha value is -0.730. The number of hydrogen-bond acceptors (Lipinski definition) is 3. The molecule has 0 aromatic heterocycles. The molecule has 0 bridgehead atoms. The molecule has 0 atom stereocenters. The van der Waals surface area contributed by atoms with Crippen LogP contribution in [0.25, 0.3) is 0 Å². The number of aliphatic imine (C=N–C) groups is 1. The van der Waals surface area contributed by atoms with E-state index >= 15 is 0 Å². The minimum Gasteiger partial charge on any atom is -0.236 e. The molecule has 1 aliphatic heterocycles. The van der Waals surface area contributed by atoms with Gasteiger partial charge in [-0.15, -0.1) is 5.11 Å². The number of hydrogen-bond donors (Lipinski definition) is 0. The van der Waals surface area contributed by atoms with Crippen molar-refractivity contribution in [1.29, 1.82) is 0 Å². The highest BCUT2D eigenvalue weighted by molar-refractivity contribution is 5.55. The molecule has 0 saturated heterocycles. The third kappa shape index (κ3) is 0.289. The average molecular weight is 68.1 g/mol. The van der Waals surface area contributed by atoms with Gasteiger partial charge in [-0.1, -0.05) is 0 Å². The Morgan fingerprint density at radius 2 is 2.60 bits per heavy atom. The molecule has 0 spiro atoms. The van der Waals surface area contributed by atoms with Gasteiger partial charge in [0, 0.05) is 0 Å². The molecule has 1 heterocycles. The molecule has 0 aliphatic carbocycles. The maximum atomic E-state index is 3.50. The third-order valence-electron chi connectivity index (χ3n) is 0.320. The van der Waals surface area contributed by atoms with Gasteiger partial charge in [0.05, 0.1) is 0 Å². The highest BCUT2D eigenvalue weighted by Crippen LogP contribution is 1.80. The Kier molecular flexibility index (Phi) is 0.463. The molecule has 0 saturated carbocycles. The predicted molar refractivity (Wildman–Crippen MR) is 17.2 cm³/mol. The SMILES string of the molecule is [C]1=NCN=N1. The third-order valence-corrected chi connectivity index (χ3v) is 0.320. The van der Waals surface area contributed by atoms with Crippen molar-refractivity contribution in [1.82, 2.24) is 0 Å². The minimum absolute atomic E-state index is 0.472. The molecule has 0 unspecified atom stereocenters. The first kappa shape index (κ1) is 2.50. The van der Waals surface area contributed by atoms with Crippen LogP contribution in [0.3, 0.4) is 0 Å². The zero-order valence-electron chi connectivity index (χ0n) is 2.55. The van der Waals surface area contributed by atoms with Crippen LogP contribution in [0, 0.1) is 0 Å². The monoisotopic (exact) mass is 68.0 g/mol. The zero-order chi connectivity index (χ0) is 3.54. The van der Waals surface area contributed by atoms with Gasteiger partial charge in [0.25, 0.3) is 0 Å². The molecule has 1 radical (unpaired) electrons. The highest BCUT2D eigenvalue weighted by atomic mass is 15.2. The summed E-state index contributed by atoms with van der Waals surface area (Å²) in [4.78, 5) is 3.50. The molecule has 25 valence electrons. The van der Waals surface area contributed by atoms with E-state index in [1.165, 1.54) is 0 Å². The van der Waals surface area contributed by atoms with E-state index in [1.807, 2.05) is 0 Å². The van der Waals surface area contributed by atoms with Crippen molar-refractivity contribution in [2.75, 3.05) is 6.67 Å². The van der Waals surface area contributed by atoms with Gasteiger partial charge in [0.1, 0.15) is 0 Å². The Bertz CT molecular complexity index is 63.0. The maximum Gasteiger partial charge on any atom is 0.218 e. The van der Waals surface area contributed by atoms with Crippen molar-refractivity contribution in [3.8, 4) is 0 Å². The van der Waals surface area contributed by atoms with Crippen LogP contribution in [-0.2, 0) is 0 Å². The Balaban J connectivity index is 2.61. The summed E-state index contributed by atoms with van der Waals surface area (Å²) in [5.41, 5.74) is 0. The van der Waals surface area contributed by atoms with Gasteiger partial charge >= 0.3 is 0 Å². The first-order valence-corrected chi connectivity index (χ1v) is 1.28. The lowest BCUT2D eigenvalue weighted by atomic mass is 11.2. The second-order valence-corrected chi connectivity index (χ2v) is 0.641. The van der Waals surface area contributed by atoms with E-state index < -0.39 is 0 Å². The normalized spacial score (nSPS) is 17.6. The molecule has 0 fully saturated rings. The van der Waals surface area contributed by atoms with Crippen molar-refractivity contribution in [2.45, 2.75) is 0 Å². The van der Waals surface area contributed by atoms with Crippen molar-refractivity contribution >= 4 is 6.34 Å². The van der Waals surface area contributed by atoms with Gasteiger partial charge in [-0.2, -0.15) is 5.11 Å². The smallest absolute Gasteiger partial charge is 0.218 e. The van der Waals surface area contributed by atoms with Gasteiger partial charge in [0.2, 0.25) is 6.34 Å². The molecule has 1 aliphatic rings. The molecule has 1 rings (SSSR count). The Labute approximate surface area is 29.4 Å². The molecular formula is C2H2N3. The summed E-state index contributed by atoms with van der Waals surface area (Å²) in [6.45, 7) is 0.472. The average Bonchev–Trinajstić information content (AvgIpc) is 1.76. The minimum atomic E-state index is 0.472. The fraction of sp³-hybridized carbons (Fsp3) is 0.500. The zero-order valence-corrected chi connectivity index (χ0v) is 2.55. The predicted octanol–water partition coefficient (Wildman–Crippen LogP) is 0.315. The lowest BCUT2D eigenvalue weighted by molar-refractivity contribution is 1.05. The van der Waals surface area contributed by atoms with Gasteiger partial charge in [-0.05, 0) is 0 Å². The van der Waals surface area contributed by atoms with Crippen LogP contribution in [0.4, 0.5) is 0 Å². The molecule has 3 heteroatoms. The van der Waals surface area contributed by atoms with Gasteiger partial charge in [-0.3, -0.25) is 0 Å². The van der Waals surface area contributed by atoms with E-state index in [0.717, 1.165) is 0 Å². The van der Waals surface area contributed by atoms with Gasteiger partial charge in [0.15, 0.2) is 6.67 Å². The Morgan fingerprint density at radius 3 is 2.80 bits per heavy atom. The summed E-state index contributed by atoms with van der Waals surface area (Å²) in [6, 6.07) is 0. The van der Waals surface area contributed by atoms with Crippen molar-refractivity contribution in [3.63, 3.8) is 0 Å². The molecule has 0 amide bonds. The van der Waals surface area contributed by atoms with Crippen LogP contribution < -0.4 is 0 Å². The van der Waals surface area contributed by atoms with Crippen LogP contribution in [0.15, 0.2) is 15.2 Å². The van der Waals surface area contributed by atoms with E-state index in [4.69, 9.17) is 0 Å². The van der Waals surface area contributed by atoms with Crippen LogP contribution >= 0.6 is 0 Å². The fourth-order valence-electron chi connectivity index (χ4n) is 0.158. The van der Waals surface area contributed by atoms with E-state index in [2.05, 4.69) is 21.6 Å². The number of rotatable bonds is 0. The first-order chi connectivity index (χ1) is 2.50. The van der Waals surface area contributed by atoms with E-state index in [0.29, 0.717) is 6.67 Å². The van der Waals surface area contributed by atoms with Crippen LogP contribution in [-0.4, -0.2) is 13.0 Å². The second kappa shape index (κ2) is 0.924. The van der Waals surface area contributed by atoms with Crippen molar-refractivity contribution < 1.29 is 0 Å². The van der Waals surface area contributed by atoms with E-state index in [1.54, 1.807) is 0 Å². The standard InChI is InChI=1S/C2H2N3/c1-3-2-5-4-1/h1H2. The highest BCUT2D eigenvalue weighted by Gasteiger charge is 1.76. The summed E-state index contributed by atoms with van der Waals surface area (Å²) in [5, 5.41) is 6.72. The van der Waals surface area contributed by atoms with E-state index in [9.17, 15) is 0 Å². The quantitative estimate of drug-likeness (QED) is 0.392. The summed E-state index contributed by atoms with van der Waals surface area (Å²) >= 11 is 0. The van der Waals surface area contributed by atoms with Crippen LogP contribution in [0.2, 0.25) is 0 Å². The summed E-state index contributed by atoms with van der Waals surface area (Å²) < 4.78 is 0. The maximum absolute atomic E-state index is 3.50. The Morgan fingerprint density at radius 1 is 1.60 bits per heavy atom. The number of azo groups is 1. The largest absolute Gasteiger partial charge is 0.236 e. The van der Waals surface area contributed by atoms with Crippen molar-refractivity contribution in [2.24, 2.45) is 15.2 Å². The molecule has 0 N–H and O–H groups in total. The molecule has 5 heavy (non-hydrogen) atoms. The number of nitrogens with zero attached hydrogens (tertiary/aromatic N) is 3. The van der Waals surface area contributed by atoms with Crippen LogP contribution in [0.1, 0.15) is 0 Å². The summed E-state index contributed by atoms with van der Waals surface area (Å²) in [5.74, 6) is 0. The molecule has 3 nitrogen and oxygen atoms in total. The van der Waals surface area contributed by atoms with Gasteiger partial charge < -0.3 is 0 Å². The second-order valence-electron chi connectivity index (χ2n) is 0.641. The topological polar surface area (TPSA) is 37.1 Å². The van der Waals surface area contributed by atoms with Crippen molar-refractivity contribution in [3.05, 3.63) is 0 Å². The van der Waals surface area contributed by atoms with Crippen LogP contribution in [0.5, 0.6) is 0 Å². The van der Waals surface area contributed by atoms with E-state index in [-0.39, 0.29) is 0 Å². The molecular weight excluding hydrogens is 66.0 g/mol.